The fourth-order valence-electron chi connectivity index (χ4n) is 2.94. The van der Waals surface area contributed by atoms with Crippen molar-refractivity contribution in [2.75, 3.05) is 13.2 Å². The lowest BCUT2D eigenvalue weighted by Gasteiger charge is -2.15. The van der Waals surface area contributed by atoms with Crippen LogP contribution in [0.5, 0.6) is 11.5 Å². The second-order valence-corrected chi connectivity index (χ2v) is 8.07. The predicted octanol–water partition coefficient (Wildman–Crippen LogP) is 6.96. The number of rotatable bonds is 10. The van der Waals surface area contributed by atoms with Crippen LogP contribution in [0.4, 0.5) is 0 Å². The Balaban J connectivity index is 1.60. The van der Waals surface area contributed by atoms with Crippen LogP contribution in [0.2, 0.25) is 15.1 Å². The Kier molecular flexibility index (Phi) is 8.71. The predicted molar refractivity (Wildman–Crippen MR) is 125 cm³/mol. The third-order valence-corrected chi connectivity index (χ3v) is 5.40. The average molecular weight is 465 g/mol. The van der Waals surface area contributed by atoms with E-state index in [1.54, 1.807) is 0 Å². The summed E-state index contributed by atoms with van der Waals surface area (Å²) >= 11 is 18.4. The summed E-state index contributed by atoms with van der Waals surface area (Å²) in [5, 5.41) is 5.52. The van der Waals surface area contributed by atoms with Crippen LogP contribution in [0.3, 0.4) is 0 Å². The molecule has 0 aromatic heterocycles. The van der Waals surface area contributed by atoms with E-state index >= 15 is 0 Å². The lowest BCUT2D eigenvalue weighted by molar-refractivity contribution is 0.269. The third kappa shape index (κ3) is 6.82. The molecule has 3 aromatic carbocycles. The molecule has 0 heterocycles. The molecule has 0 unspecified atom stereocenters. The van der Waals surface area contributed by atoms with Gasteiger partial charge in [-0.05, 0) is 66.9 Å². The summed E-state index contributed by atoms with van der Waals surface area (Å²) in [6.45, 7) is 4.37. The van der Waals surface area contributed by atoms with Gasteiger partial charge in [0.2, 0.25) is 0 Å². The van der Waals surface area contributed by atoms with Crippen molar-refractivity contribution in [2.24, 2.45) is 0 Å². The molecule has 3 rings (SSSR count). The number of benzene rings is 3. The van der Waals surface area contributed by atoms with Crippen LogP contribution in [0.25, 0.3) is 0 Å². The lowest BCUT2D eigenvalue weighted by Crippen LogP contribution is -2.17. The normalized spacial score (nSPS) is 10.8. The zero-order valence-corrected chi connectivity index (χ0v) is 19.0. The van der Waals surface area contributed by atoms with E-state index in [2.05, 4.69) is 5.32 Å². The zero-order chi connectivity index (χ0) is 21.3. The van der Waals surface area contributed by atoms with E-state index in [1.165, 1.54) is 5.56 Å². The van der Waals surface area contributed by atoms with Crippen molar-refractivity contribution in [3.63, 3.8) is 0 Å². The number of hydrogen-bond donors (Lipinski definition) is 1. The molecular weight excluding hydrogens is 441 g/mol. The molecule has 0 atom stereocenters. The molecular formula is C24H24Cl3NO2. The van der Waals surface area contributed by atoms with Gasteiger partial charge in [0.15, 0.2) is 11.5 Å². The van der Waals surface area contributed by atoms with E-state index in [9.17, 15) is 0 Å². The summed E-state index contributed by atoms with van der Waals surface area (Å²) in [5.74, 6) is 1.31. The first kappa shape index (κ1) is 22.8. The van der Waals surface area contributed by atoms with Crippen molar-refractivity contribution in [2.45, 2.75) is 26.5 Å². The molecule has 0 amide bonds. The molecule has 0 aliphatic carbocycles. The second-order valence-electron chi connectivity index (χ2n) is 6.79. The highest BCUT2D eigenvalue weighted by Crippen LogP contribution is 2.34. The molecule has 1 N–H and O–H groups in total. The van der Waals surface area contributed by atoms with Gasteiger partial charge in [0, 0.05) is 27.7 Å². The maximum Gasteiger partial charge on any atom is 0.163 e. The highest BCUT2D eigenvalue weighted by atomic mass is 35.5. The molecule has 0 aliphatic heterocycles. The SMILES string of the molecule is CCOc1cc(CNCCc2ccc(Cl)cc2)c(Cl)cc1OCc1ccc(Cl)cc1. The molecule has 0 saturated carbocycles. The van der Waals surface area contributed by atoms with Crippen LogP contribution < -0.4 is 14.8 Å². The van der Waals surface area contributed by atoms with Crippen LogP contribution in [0.1, 0.15) is 23.6 Å². The number of ether oxygens (including phenoxy) is 2. The molecule has 30 heavy (non-hydrogen) atoms. The number of hydrogen-bond acceptors (Lipinski definition) is 3. The quantitative estimate of drug-likeness (QED) is 0.329. The van der Waals surface area contributed by atoms with Crippen LogP contribution in [-0.2, 0) is 19.6 Å². The van der Waals surface area contributed by atoms with Crippen molar-refractivity contribution in [3.8, 4) is 11.5 Å². The smallest absolute Gasteiger partial charge is 0.163 e. The maximum absolute atomic E-state index is 6.51. The first-order chi connectivity index (χ1) is 14.5. The minimum atomic E-state index is 0.409. The number of halogens is 3. The molecule has 0 spiro atoms. The Morgan fingerprint density at radius 1 is 0.767 bits per heavy atom. The molecule has 0 radical (unpaired) electrons. The second kappa shape index (κ2) is 11.5. The Morgan fingerprint density at radius 3 is 2.00 bits per heavy atom. The summed E-state index contributed by atoms with van der Waals surface area (Å²) in [4.78, 5) is 0. The van der Waals surface area contributed by atoms with E-state index in [1.807, 2.05) is 67.6 Å². The van der Waals surface area contributed by atoms with Gasteiger partial charge >= 0.3 is 0 Å². The van der Waals surface area contributed by atoms with Gasteiger partial charge in [-0.15, -0.1) is 0 Å². The van der Waals surface area contributed by atoms with Crippen LogP contribution in [0.15, 0.2) is 60.7 Å². The summed E-state index contributed by atoms with van der Waals surface area (Å²) in [5.41, 5.74) is 3.22. The van der Waals surface area contributed by atoms with Gasteiger partial charge in [0.05, 0.1) is 6.61 Å². The van der Waals surface area contributed by atoms with E-state index in [-0.39, 0.29) is 0 Å². The van der Waals surface area contributed by atoms with Gasteiger partial charge in [0.1, 0.15) is 6.61 Å². The Labute approximate surface area is 192 Å². The van der Waals surface area contributed by atoms with E-state index in [0.29, 0.717) is 41.3 Å². The van der Waals surface area contributed by atoms with E-state index in [4.69, 9.17) is 44.3 Å². The molecule has 0 saturated heterocycles. The third-order valence-electron chi connectivity index (χ3n) is 4.54. The van der Waals surface area contributed by atoms with Crippen molar-refractivity contribution < 1.29 is 9.47 Å². The highest BCUT2D eigenvalue weighted by Gasteiger charge is 2.11. The molecule has 0 fully saturated rings. The van der Waals surface area contributed by atoms with E-state index < -0.39 is 0 Å². The van der Waals surface area contributed by atoms with Crippen LogP contribution in [0, 0.1) is 0 Å². The number of nitrogens with one attached hydrogen (secondary N) is 1. The summed E-state index contributed by atoms with van der Waals surface area (Å²) in [7, 11) is 0. The van der Waals surface area contributed by atoms with Crippen molar-refractivity contribution in [1.29, 1.82) is 0 Å². The Morgan fingerprint density at radius 2 is 1.37 bits per heavy atom. The average Bonchev–Trinajstić information content (AvgIpc) is 2.74. The summed E-state index contributed by atoms with van der Waals surface area (Å²) in [6, 6.07) is 19.2. The highest BCUT2D eigenvalue weighted by molar-refractivity contribution is 6.31. The standard InChI is InChI=1S/C24H24Cl3NO2/c1-2-29-23-13-19(15-28-12-11-17-3-7-20(25)8-4-17)22(27)14-24(23)30-16-18-5-9-21(26)10-6-18/h3-10,13-14,28H,2,11-12,15-16H2,1H3. The van der Waals surface area contributed by atoms with Gasteiger partial charge in [-0.3, -0.25) is 0 Å². The minimum absolute atomic E-state index is 0.409. The zero-order valence-electron chi connectivity index (χ0n) is 16.8. The first-order valence-corrected chi connectivity index (χ1v) is 11.0. The lowest BCUT2D eigenvalue weighted by atomic mass is 10.1. The molecule has 0 bridgehead atoms. The monoisotopic (exact) mass is 463 g/mol. The fourth-order valence-corrected chi connectivity index (χ4v) is 3.41. The Bertz CT molecular complexity index is 944. The molecule has 158 valence electrons. The first-order valence-electron chi connectivity index (χ1n) is 9.82. The van der Waals surface area contributed by atoms with Crippen molar-refractivity contribution >= 4 is 34.8 Å². The molecule has 0 aliphatic rings. The van der Waals surface area contributed by atoms with Gasteiger partial charge in [-0.25, -0.2) is 0 Å². The van der Waals surface area contributed by atoms with Crippen LogP contribution >= 0.6 is 34.8 Å². The fraction of sp³-hybridized carbons (Fsp3) is 0.250. The van der Waals surface area contributed by atoms with Gasteiger partial charge < -0.3 is 14.8 Å². The van der Waals surface area contributed by atoms with Gasteiger partial charge in [-0.1, -0.05) is 59.1 Å². The van der Waals surface area contributed by atoms with Gasteiger partial charge in [0.25, 0.3) is 0 Å². The molecule has 3 nitrogen and oxygen atoms in total. The molecule has 3 aromatic rings. The minimum Gasteiger partial charge on any atom is -0.490 e. The van der Waals surface area contributed by atoms with Crippen molar-refractivity contribution in [1.82, 2.24) is 5.32 Å². The van der Waals surface area contributed by atoms with Gasteiger partial charge in [-0.2, -0.15) is 0 Å². The van der Waals surface area contributed by atoms with E-state index in [0.717, 1.165) is 29.1 Å². The topological polar surface area (TPSA) is 30.5 Å². The maximum atomic E-state index is 6.51. The molecule has 6 heteroatoms. The summed E-state index contributed by atoms with van der Waals surface area (Å²) < 4.78 is 11.7. The van der Waals surface area contributed by atoms with Crippen LogP contribution in [-0.4, -0.2) is 13.2 Å². The van der Waals surface area contributed by atoms with Crippen molar-refractivity contribution in [3.05, 3.63) is 92.4 Å². The summed E-state index contributed by atoms with van der Waals surface area (Å²) in [6.07, 6.45) is 0.912. The largest absolute Gasteiger partial charge is 0.490 e. The Hall–Kier alpha value is -1.91.